The van der Waals surface area contributed by atoms with Crippen molar-refractivity contribution in [3.05, 3.63) is 12.2 Å². The molecule has 1 saturated carbocycles. The van der Waals surface area contributed by atoms with Crippen molar-refractivity contribution >= 4 is 17.8 Å². The first kappa shape index (κ1) is 14.7. The number of amides is 4. The molecule has 4 atom stereocenters. The highest BCUT2D eigenvalue weighted by atomic mass is 16.5. The number of likely N-dealkylation sites (tertiary alicyclic amines) is 1. The maximum absolute atomic E-state index is 12.6. The van der Waals surface area contributed by atoms with Gasteiger partial charge < -0.3 is 15.0 Å². The first-order chi connectivity index (χ1) is 11.2. The highest BCUT2D eigenvalue weighted by Crippen LogP contribution is 2.49. The first-order valence-corrected chi connectivity index (χ1v) is 8.31. The van der Waals surface area contributed by atoms with Gasteiger partial charge in [-0.2, -0.15) is 0 Å². The van der Waals surface area contributed by atoms with Crippen molar-refractivity contribution in [2.75, 3.05) is 33.0 Å². The molecule has 0 radical (unpaired) electrons. The summed E-state index contributed by atoms with van der Waals surface area (Å²) in [7, 11) is 0. The lowest BCUT2D eigenvalue weighted by molar-refractivity contribution is -0.140. The number of imide groups is 1. The largest absolute Gasteiger partial charge is 0.378 e. The van der Waals surface area contributed by atoms with E-state index in [1.807, 2.05) is 0 Å². The molecule has 0 aromatic carbocycles. The molecular formula is C16H21N3O4. The monoisotopic (exact) mass is 319 g/mol. The Labute approximate surface area is 134 Å². The van der Waals surface area contributed by atoms with Gasteiger partial charge in [0, 0.05) is 13.1 Å². The molecule has 4 amide bonds. The Kier molecular flexibility index (Phi) is 3.60. The van der Waals surface area contributed by atoms with Gasteiger partial charge in [-0.05, 0) is 24.7 Å². The molecule has 5 aliphatic rings. The molecule has 3 fully saturated rings. The van der Waals surface area contributed by atoms with E-state index in [2.05, 4.69) is 17.5 Å². The normalized spacial score (nSPS) is 35.7. The number of fused-ring (bicyclic) bond motifs is 1. The minimum absolute atomic E-state index is 0.0275. The molecule has 0 aromatic rings. The van der Waals surface area contributed by atoms with Gasteiger partial charge in [-0.25, -0.2) is 4.79 Å². The number of ether oxygens (including phenoxy) is 1. The lowest BCUT2D eigenvalue weighted by Gasteiger charge is -2.38. The molecule has 3 aliphatic carbocycles. The van der Waals surface area contributed by atoms with E-state index in [-0.39, 0.29) is 48.2 Å². The highest BCUT2D eigenvalue weighted by Gasteiger charge is 2.56. The fourth-order valence-corrected chi connectivity index (χ4v) is 4.32. The second-order valence-corrected chi connectivity index (χ2v) is 6.69. The summed E-state index contributed by atoms with van der Waals surface area (Å²) in [6.45, 7) is 2.09. The zero-order chi connectivity index (χ0) is 16.0. The number of nitrogens with zero attached hydrogens (tertiary/aromatic N) is 2. The summed E-state index contributed by atoms with van der Waals surface area (Å²) in [5, 5.41) is 2.71. The van der Waals surface area contributed by atoms with Gasteiger partial charge in [0.05, 0.1) is 25.0 Å². The number of allylic oxidation sites excluding steroid dienone is 2. The van der Waals surface area contributed by atoms with E-state index in [0.29, 0.717) is 26.3 Å². The molecule has 2 bridgehead atoms. The third kappa shape index (κ3) is 2.34. The zero-order valence-electron chi connectivity index (χ0n) is 12.9. The molecule has 2 heterocycles. The standard InChI is InChI=1S/C16H21N3O4/c20-14-12-10-1-2-11(4-3-10)13(12)15(21)19(14)9-17-16(22)18-5-7-23-8-6-18/h1-2,10-13H,3-9H2,(H,17,22)/t10-,11-,12+,13+/m0/s1. The second-order valence-electron chi connectivity index (χ2n) is 6.69. The van der Waals surface area contributed by atoms with E-state index in [0.717, 1.165) is 12.8 Å². The van der Waals surface area contributed by atoms with Crippen LogP contribution in [-0.2, 0) is 14.3 Å². The van der Waals surface area contributed by atoms with Crippen LogP contribution >= 0.6 is 0 Å². The Balaban J connectivity index is 1.41. The Morgan fingerprint density at radius 2 is 1.65 bits per heavy atom. The molecule has 2 saturated heterocycles. The van der Waals surface area contributed by atoms with Crippen molar-refractivity contribution in [2.45, 2.75) is 12.8 Å². The van der Waals surface area contributed by atoms with Crippen LogP contribution in [0.3, 0.4) is 0 Å². The summed E-state index contributed by atoms with van der Waals surface area (Å²) in [5.41, 5.74) is 0. The zero-order valence-corrected chi connectivity index (χ0v) is 12.9. The van der Waals surface area contributed by atoms with Gasteiger partial charge in [0.15, 0.2) is 0 Å². The van der Waals surface area contributed by atoms with Crippen LogP contribution < -0.4 is 5.32 Å². The van der Waals surface area contributed by atoms with Crippen molar-refractivity contribution in [3.63, 3.8) is 0 Å². The quantitative estimate of drug-likeness (QED) is 0.582. The van der Waals surface area contributed by atoms with Gasteiger partial charge in [-0.3, -0.25) is 14.5 Å². The number of hydrogen-bond donors (Lipinski definition) is 1. The summed E-state index contributed by atoms with van der Waals surface area (Å²) in [5.74, 6) is -0.316. The average Bonchev–Trinajstić information content (AvgIpc) is 2.88. The van der Waals surface area contributed by atoms with Crippen LogP contribution in [0.15, 0.2) is 12.2 Å². The molecule has 124 valence electrons. The van der Waals surface area contributed by atoms with E-state index in [1.165, 1.54) is 4.90 Å². The van der Waals surface area contributed by atoms with Crippen LogP contribution in [0.5, 0.6) is 0 Å². The number of hydrogen-bond acceptors (Lipinski definition) is 4. The van der Waals surface area contributed by atoms with Crippen LogP contribution in [0.4, 0.5) is 4.79 Å². The number of rotatable bonds is 2. The Morgan fingerprint density at radius 3 is 2.17 bits per heavy atom. The van der Waals surface area contributed by atoms with Crippen LogP contribution in [0.1, 0.15) is 12.8 Å². The third-order valence-electron chi connectivity index (χ3n) is 5.54. The minimum Gasteiger partial charge on any atom is -0.378 e. The van der Waals surface area contributed by atoms with Crippen LogP contribution in [-0.4, -0.2) is 60.6 Å². The predicted molar refractivity (Wildman–Crippen MR) is 80.0 cm³/mol. The summed E-state index contributed by atoms with van der Waals surface area (Å²) >= 11 is 0. The third-order valence-corrected chi connectivity index (χ3v) is 5.54. The van der Waals surface area contributed by atoms with Gasteiger partial charge >= 0.3 is 6.03 Å². The molecule has 2 aliphatic heterocycles. The maximum Gasteiger partial charge on any atom is 0.318 e. The van der Waals surface area contributed by atoms with Crippen molar-refractivity contribution in [1.82, 2.24) is 15.1 Å². The van der Waals surface area contributed by atoms with Crippen molar-refractivity contribution in [3.8, 4) is 0 Å². The Morgan fingerprint density at radius 1 is 1.09 bits per heavy atom. The van der Waals surface area contributed by atoms with Gasteiger partial charge in [0.1, 0.15) is 6.67 Å². The smallest absolute Gasteiger partial charge is 0.318 e. The fraction of sp³-hybridized carbons (Fsp3) is 0.688. The molecule has 0 aromatic heterocycles. The molecule has 5 rings (SSSR count). The van der Waals surface area contributed by atoms with E-state index >= 15 is 0 Å². The molecular weight excluding hydrogens is 298 g/mol. The van der Waals surface area contributed by atoms with Crippen molar-refractivity contribution < 1.29 is 19.1 Å². The number of morpholine rings is 1. The van der Waals surface area contributed by atoms with Gasteiger partial charge in [0.2, 0.25) is 11.8 Å². The number of carbonyl (C=O) groups excluding carboxylic acids is 3. The lowest BCUT2D eigenvalue weighted by atomic mass is 9.63. The summed E-state index contributed by atoms with van der Waals surface area (Å²) in [6.07, 6.45) is 6.15. The number of urea groups is 1. The molecule has 0 unspecified atom stereocenters. The molecule has 0 spiro atoms. The Bertz CT molecular complexity index is 538. The molecule has 7 heteroatoms. The van der Waals surface area contributed by atoms with Crippen LogP contribution in [0.25, 0.3) is 0 Å². The highest BCUT2D eigenvalue weighted by molar-refractivity contribution is 6.06. The summed E-state index contributed by atoms with van der Waals surface area (Å²) < 4.78 is 5.21. The van der Waals surface area contributed by atoms with Gasteiger partial charge in [-0.1, -0.05) is 12.2 Å². The maximum atomic E-state index is 12.6. The van der Waals surface area contributed by atoms with Crippen molar-refractivity contribution in [2.24, 2.45) is 23.7 Å². The first-order valence-electron chi connectivity index (χ1n) is 8.31. The number of carbonyl (C=O) groups is 3. The SMILES string of the molecule is O=C(NCN1C(=O)[C@H]2[C@H](C1=O)[C@H]1C=C[C@H]2CC1)N1CCOCC1. The minimum atomic E-state index is -0.245. The molecule has 1 N–H and O–H groups in total. The summed E-state index contributed by atoms with van der Waals surface area (Å²) in [6, 6.07) is -0.245. The second kappa shape index (κ2) is 5.63. The molecule has 7 nitrogen and oxygen atoms in total. The lowest BCUT2D eigenvalue weighted by Crippen LogP contribution is -2.50. The fourth-order valence-electron chi connectivity index (χ4n) is 4.32. The Hall–Kier alpha value is -1.89. The van der Waals surface area contributed by atoms with E-state index < -0.39 is 0 Å². The molecule has 23 heavy (non-hydrogen) atoms. The number of nitrogens with one attached hydrogen (secondary N) is 1. The topological polar surface area (TPSA) is 79.0 Å². The van der Waals surface area contributed by atoms with E-state index in [9.17, 15) is 14.4 Å². The van der Waals surface area contributed by atoms with Crippen LogP contribution in [0, 0.1) is 23.7 Å². The summed E-state index contributed by atoms with van der Waals surface area (Å²) in [4.78, 5) is 40.2. The van der Waals surface area contributed by atoms with E-state index in [4.69, 9.17) is 4.74 Å². The van der Waals surface area contributed by atoms with Gasteiger partial charge in [0.25, 0.3) is 0 Å². The van der Waals surface area contributed by atoms with E-state index in [1.54, 1.807) is 4.90 Å². The predicted octanol–water partition coefficient (Wildman–Crippen LogP) is 0.183. The van der Waals surface area contributed by atoms with Crippen LogP contribution in [0.2, 0.25) is 0 Å². The van der Waals surface area contributed by atoms with Crippen molar-refractivity contribution in [1.29, 1.82) is 0 Å². The van der Waals surface area contributed by atoms with Gasteiger partial charge in [-0.15, -0.1) is 0 Å². The average molecular weight is 319 g/mol.